The molecule has 1 aromatic rings. The third-order valence-corrected chi connectivity index (χ3v) is 14.1. The van der Waals surface area contributed by atoms with Gasteiger partial charge in [-0.1, -0.05) is 132 Å². The summed E-state index contributed by atoms with van der Waals surface area (Å²) in [6.45, 7) is 1.80. The molecule has 420 valence electrons. The van der Waals surface area contributed by atoms with E-state index in [-0.39, 0.29) is 18.7 Å². The zero-order valence-corrected chi connectivity index (χ0v) is 45.1. The second-order valence-corrected chi connectivity index (χ2v) is 21.0. The SMILES string of the molecule is CC/C=C\C/C=C\C/C=C\C/C=C\C/C=C\CCCCCC(=O)O[C@H](COC(=O)CCCCCCC[C@@H](O)[C@H](O)C/C=C\CCCCC)COP(=O)(O)OP(=O)(O)OC[C@H]1O[C@@H](n2ccc(N)nc2=O)[C@H](O)[C@@H]1O. The van der Waals surface area contributed by atoms with Gasteiger partial charge in [0.05, 0.1) is 25.4 Å². The van der Waals surface area contributed by atoms with Crippen molar-refractivity contribution in [3.05, 3.63) is 95.7 Å². The van der Waals surface area contributed by atoms with Gasteiger partial charge in [0.25, 0.3) is 0 Å². The summed E-state index contributed by atoms with van der Waals surface area (Å²) in [6.07, 6.45) is 32.8. The number of nitrogens with zero attached hydrogens (tertiary/aromatic N) is 2. The minimum Gasteiger partial charge on any atom is -0.462 e. The molecule has 22 heteroatoms. The molecular weight excluding hydrogens is 1000 g/mol. The molecule has 0 spiro atoms. The molecule has 0 radical (unpaired) electrons. The third kappa shape index (κ3) is 31.2. The molecule has 1 aliphatic rings. The normalized spacial score (nSPS) is 20.3. The van der Waals surface area contributed by atoms with Crippen molar-refractivity contribution in [2.45, 2.75) is 198 Å². The highest BCUT2D eigenvalue weighted by Crippen LogP contribution is 2.60. The smallest absolute Gasteiger partial charge is 0.462 e. The second-order valence-electron chi connectivity index (χ2n) is 17.9. The molecule has 2 rings (SSSR count). The number of rotatable bonds is 42. The van der Waals surface area contributed by atoms with Crippen LogP contribution in [0, 0.1) is 0 Å². The average Bonchev–Trinajstić information content (AvgIpc) is 3.63. The summed E-state index contributed by atoms with van der Waals surface area (Å²) in [4.78, 5) is 62.0. The van der Waals surface area contributed by atoms with Crippen LogP contribution in [-0.2, 0) is 46.3 Å². The Kier molecular flexibility index (Phi) is 35.3. The lowest BCUT2D eigenvalue weighted by Crippen LogP contribution is -2.36. The first-order chi connectivity index (χ1) is 35.5. The molecule has 1 fully saturated rings. The number of aromatic nitrogens is 2. The molecule has 0 saturated carbocycles. The van der Waals surface area contributed by atoms with Gasteiger partial charge in [-0.15, -0.1) is 0 Å². The minimum absolute atomic E-state index is 0.0166. The lowest BCUT2D eigenvalue weighted by atomic mass is 10.0. The largest absolute Gasteiger partial charge is 0.481 e. The number of anilines is 1. The van der Waals surface area contributed by atoms with Gasteiger partial charge in [-0.3, -0.25) is 23.2 Å². The summed E-state index contributed by atoms with van der Waals surface area (Å²) in [6, 6.07) is 1.23. The topological polar surface area (TPSA) is 306 Å². The number of phosphoric acid groups is 2. The quantitative estimate of drug-likeness (QED) is 0.0139. The fourth-order valence-corrected chi connectivity index (χ4v) is 9.41. The van der Waals surface area contributed by atoms with Gasteiger partial charge in [0, 0.05) is 19.0 Å². The average molecular weight is 1090 g/mol. The molecular formula is C52H85N3O17P2. The predicted molar refractivity (Wildman–Crippen MR) is 282 cm³/mol. The number of hydrogen-bond acceptors (Lipinski definition) is 17. The van der Waals surface area contributed by atoms with E-state index in [2.05, 4.69) is 83.9 Å². The van der Waals surface area contributed by atoms with Crippen LogP contribution in [-0.4, -0.2) is 108 Å². The number of aliphatic hydroxyl groups is 4. The maximum absolute atomic E-state index is 12.9. The highest BCUT2D eigenvalue weighted by molar-refractivity contribution is 7.61. The summed E-state index contributed by atoms with van der Waals surface area (Å²) in [7, 11) is -10.9. The van der Waals surface area contributed by atoms with E-state index in [0.717, 1.165) is 94.2 Å². The lowest BCUT2D eigenvalue weighted by molar-refractivity contribution is -0.161. The molecule has 2 heterocycles. The predicted octanol–water partition coefficient (Wildman–Crippen LogP) is 8.83. The number of carbonyl (C=O) groups is 2. The van der Waals surface area contributed by atoms with Gasteiger partial charge in [0.2, 0.25) is 0 Å². The van der Waals surface area contributed by atoms with E-state index < -0.39 is 95.9 Å². The van der Waals surface area contributed by atoms with Crippen molar-refractivity contribution >= 4 is 33.4 Å². The first-order valence-corrected chi connectivity index (χ1v) is 29.1. The molecule has 0 amide bonds. The fraction of sp³-hybridized carbons (Fsp3) is 0.654. The van der Waals surface area contributed by atoms with Gasteiger partial charge in [0.1, 0.15) is 30.7 Å². The first-order valence-electron chi connectivity index (χ1n) is 26.1. The van der Waals surface area contributed by atoms with E-state index in [1.165, 1.54) is 6.07 Å². The summed E-state index contributed by atoms with van der Waals surface area (Å²) in [5, 5.41) is 41.5. The number of ether oxygens (including phenoxy) is 3. The molecule has 0 aliphatic carbocycles. The number of hydrogen-bond donors (Lipinski definition) is 7. The Hall–Kier alpha value is -3.88. The van der Waals surface area contributed by atoms with Crippen LogP contribution < -0.4 is 11.4 Å². The van der Waals surface area contributed by atoms with Gasteiger partial charge in [-0.25, -0.2) is 13.9 Å². The zero-order valence-electron chi connectivity index (χ0n) is 43.3. The van der Waals surface area contributed by atoms with Gasteiger partial charge in [-0.2, -0.15) is 9.29 Å². The fourth-order valence-electron chi connectivity index (χ4n) is 7.30. The number of nitrogens with two attached hydrogens (primary N) is 1. The monoisotopic (exact) mass is 1090 g/mol. The van der Waals surface area contributed by atoms with Crippen molar-refractivity contribution < 1.29 is 76.5 Å². The van der Waals surface area contributed by atoms with Crippen LogP contribution in [0.3, 0.4) is 0 Å². The molecule has 74 heavy (non-hydrogen) atoms. The molecule has 1 aliphatic heterocycles. The standard InChI is InChI=1S/C52H85N3O17P2/c1-3-5-7-9-11-12-13-14-15-16-17-18-19-20-21-22-23-27-32-36-48(59)70-42(39-67-47(58)35-31-28-24-26-30-34-44(57)43(56)33-29-25-10-8-6-4-2)40-68-73(63,64)72-74(65,66)69-41-45-49(60)50(61)51(71-45)55-38-37-46(53)54-52(55)62/h5,7,11-12,14-15,17-18,20-21,25,29,37-38,42-45,49-51,56-57,60-61H,3-4,6,8-10,13,16,19,22-24,26-28,30-36,39-41H2,1-2H3,(H,63,64)(H,65,66)(H2,53,54,62)/b7-5-,12-11-,15-14-,18-17-,21-20-,29-25-/t42-,43-,44-,45-,49-,50-,51-/m1/s1. The number of unbranched alkanes of at least 4 members (excludes halogenated alkanes) is 10. The van der Waals surface area contributed by atoms with Crippen molar-refractivity contribution in [2.24, 2.45) is 0 Å². The van der Waals surface area contributed by atoms with E-state index in [1.807, 2.05) is 12.2 Å². The van der Waals surface area contributed by atoms with Gasteiger partial charge in [0.15, 0.2) is 12.3 Å². The van der Waals surface area contributed by atoms with Gasteiger partial charge < -0.3 is 50.2 Å². The minimum atomic E-state index is -5.47. The highest BCUT2D eigenvalue weighted by atomic mass is 31.3. The number of phosphoric ester groups is 2. The van der Waals surface area contributed by atoms with Crippen LogP contribution in [0.25, 0.3) is 0 Å². The number of carbonyl (C=O) groups excluding carboxylic acids is 2. The van der Waals surface area contributed by atoms with Crippen molar-refractivity contribution in [1.29, 1.82) is 0 Å². The Bertz CT molecular complexity index is 2060. The van der Waals surface area contributed by atoms with E-state index in [0.29, 0.717) is 44.9 Å². The first kappa shape index (κ1) is 66.2. The van der Waals surface area contributed by atoms with Crippen LogP contribution in [0.2, 0.25) is 0 Å². The molecule has 0 aromatic carbocycles. The molecule has 9 atom stereocenters. The Morgan fingerprint density at radius 3 is 1.91 bits per heavy atom. The molecule has 2 unspecified atom stereocenters. The molecule has 1 saturated heterocycles. The van der Waals surface area contributed by atoms with Crippen LogP contribution in [0.4, 0.5) is 5.82 Å². The summed E-state index contributed by atoms with van der Waals surface area (Å²) >= 11 is 0. The molecule has 20 nitrogen and oxygen atoms in total. The number of nitrogen functional groups attached to an aromatic ring is 1. The second kappa shape index (κ2) is 39.5. The highest BCUT2D eigenvalue weighted by Gasteiger charge is 2.46. The van der Waals surface area contributed by atoms with E-state index in [1.54, 1.807) is 0 Å². The Labute approximate surface area is 437 Å². The Morgan fingerprint density at radius 2 is 1.27 bits per heavy atom. The Morgan fingerprint density at radius 1 is 0.716 bits per heavy atom. The van der Waals surface area contributed by atoms with E-state index >= 15 is 0 Å². The molecule has 0 bridgehead atoms. The van der Waals surface area contributed by atoms with E-state index in [9.17, 15) is 53.7 Å². The van der Waals surface area contributed by atoms with Gasteiger partial charge >= 0.3 is 33.3 Å². The summed E-state index contributed by atoms with van der Waals surface area (Å²) in [5.74, 6) is -1.46. The van der Waals surface area contributed by atoms with Crippen LogP contribution in [0.1, 0.15) is 161 Å². The van der Waals surface area contributed by atoms with Gasteiger partial charge in [-0.05, 0) is 89.5 Å². The number of aliphatic hydroxyl groups excluding tert-OH is 4. The maximum Gasteiger partial charge on any atom is 0.481 e. The van der Waals surface area contributed by atoms with Crippen molar-refractivity contribution in [1.82, 2.24) is 9.55 Å². The van der Waals surface area contributed by atoms with Crippen molar-refractivity contribution in [3.63, 3.8) is 0 Å². The van der Waals surface area contributed by atoms with Crippen LogP contribution in [0.5, 0.6) is 0 Å². The Balaban J connectivity index is 1.84. The third-order valence-electron chi connectivity index (χ3n) is 11.5. The molecule has 1 aromatic heterocycles. The lowest BCUT2D eigenvalue weighted by Gasteiger charge is -2.21. The number of esters is 2. The summed E-state index contributed by atoms with van der Waals surface area (Å²) < 4.78 is 56.7. The zero-order chi connectivity index (χ0) is 54.5. The van der Waals surface area contributed by atoms with Crippen LogP contribution >= 0.6 is 15.6 Å². The molecule has 8 N–H and O–H groups in total. The number of allylic oxidation sites excluding steroid dienone is 11. The van der Waals surface area contributed by atoms with Crippen LogP contribution in [0.15, 0.2) is 90.0 Å². The van der Waals surface area contributed by atoms with Crippen molar-refractivity contribution in [3.8, 4) is 0 Å². The van der Waals surface area contributed by atoms with E-state index in [4.69, 9.17) is 29.0 Å². The summed E-state index contributed by atoms with van der Waals surface area (Å²) in [5.41, 5.74) is 4.57. The maximum atomic E-state index is 12.9. The van der Waals surface area contributed by atoms with Crippen molar-refractivity contribution in [2.75, 3.05) is 25.6 Å².